The van der Waals surface area contributed by atoms with Gasteiger partial charge in [0.25, 0.3) is 0 Å². The summed E-state index contributed by atoms with van der Waals surface area (Å²) in [5, 5.41) is 13.2. The minimum absolute atomic E-state index is 0.0491. The number of fused-ring (bicyclic) bond motifs is 1. The number of amides is 2. The number of hydrogen-bond donors (Lipinski definition) is 0. The number of benzene rings is 2. The van der Waals surface area contributed by atoms with E-state index in [2.05, 4.69) is 15.5 Å². The topological polar surface area (TPSA) is 103 Å². The molecule has 3 fully saturated rings. The lowest BCUT2D eigenvalue weighted by Crippen LogP contribution is -2.49. The zero-order valence-electron chi connectivity index (χ0n) is 20.4. The zero-order chi connectivity index (χ0) is 25.9. The number of aromatic nitrogens is 4. The van der Waals surface area contributed by atoms with Crippen LogP contribution in [-0.4, -0.2) is 86.4 Å². The molecular weight excluding hydrogens is 508 g/mol. The molecule has 2 aromatic carbocycles. The molecule has 0 radical (unpaired) electrons. The van der Waals surface area contributed by atoms with E-state index >= 15 is 0 Å². The number of halogens is 1. The molecular formula is C27H25ClN6O4. The summed E-state index contributed by atoms with van der Waals surface area (Å²) >= 11 is 6.11. The van der Waals surface area contributed by atoms with Crippen LogP contribution in [0.5, 0.6) is 0 Å². The molecule has 2 bridgehead atoms. The molecule has 1 aromatic heterocycles. The Labute approximate surface area is 223 Å². The number of tetrazole rings is 1. The van der Waals surface area contributed by atoms with Crippen LogP contribution in [0.15, 0.2) is 66.7 Å². The van der Waals surface area contributed by atoms with Crippen molar-refractivity contribution in [3.05, 3.63) is 83.2 Å². The Balaban J connectivity index is 1.28. The molecule has 0 saturated carbocycles. The third-order valence-corrected chi connectivity index (χ3v) is 8.23. The number of likely N-dealkylation sites (tertiary alicyclic amines) is 1. The number of rotatable bonds is 5. The van der Waals surface area contributed by atoms with Crippen LogP contribution in [0.1, 0.15) is 17.4 Å². The highest BCUT2D eigenvalue weighted by molar-refractivity contribution is 6.30. The molecule has 0 aliphatic carbocycles. The summed E-state index contributed by atoms with van der Waals surface area (Å²) in [7, 11) is 0. The smallest absolute Gasteiger partial charge is 0.230 e. The first kappa shape index (κ1) is 23.5. The number of carbonyl (C=O) groups excluding carboxylic acids is 2. The molecule has 3 aromatic rings. The molecule has 38 heavy (non-hydrogen) atoms. The van der Waals surface area contributed by atoms with Crippen LogP contribution in [0.25, 0.3) is 5.69 Å². The van der Waals surface area contributed by atoms with Gasteiger partial charge in [0.1, 0.15) is 11.6 Å². The molecule has 1 spiro atoms. The van der Waals surface area contributed by atoms with E-state index in [0.29, 0.717) is 43.7 Å². The monoisotopic (exact) mass is 532 g/mol. The van der Waals surface area contributed by atoms with Crippen molar-refractivity contribution in [3.63, 3.8) is 0 Å². The number of morpholine rings is 1. The lowest BCUT2D eigenvalue weighted by molar-refractivity contribution is -0.146. The maximum absolute atomic E-state index is 14.3. The van der Waals surface area contributed by atoms with Crippen molar-refractivity contribution < 1.29 is 19.1 Å². The molecule has 0 N–H and O–H groups in total. The van der Waals surface area contributed by atoms with Gasteiger partial charge in [-0.25, -0.2) is 0 Å². The summed E-state index contributed by atoms with van der Waals surface area (Å²) < 4.78 is 13.5. The van der Waals surface area contributed by atoms with Crippen molar-refractivity contribution >= 4 is 23.4 Å². The van der Waals surface area contributed by atoms with Crippen molar-refractivity contribution in [1.82, 2.24) is 30.0 Å². The Morgan fingerprint density at radius 2 is 1.84 bits per heavy atom. The fourth-order valence-corrected chi connectivity index (χ4v) is 6.38. The Morgan fingerprint density at radius 3 is 2.61 bits per heavy atom. The summed E-state index contributed by atoms with van der Waals surface area (Å²) in [5.74, 6) is -0.883. The van der Waals surface area contributed by atoms with Gasteiger partial charge < -0.3 is 19.3 Å². The number of carbonyl (C=O) groups is 2. The highest BCUT2D eigenvalue weighted by atomic mass is 35.5. The number of hydrogen-bond acceptors (Lipinski definition) is 7. The fourth-order valence-electron chi connectivity index (χ4n) is 6.26. The summed E-state index contributed by atoms with van der Waals surface area (Å²) in [6.07, 6.45) is 3.50. The van der Waals surface area contributed by atoms with Gasteiger partial charge in [-0.2, -0.15) is 4.68 Å². The Bertz CT molecular complexity index is 1410. The van der Waals surface area contributed by atoms with Crippen molar-refractivity contribution in [2.75, 3.05) is 32.8 Å². The largest absolute Gasteiger partial charge is 0.378 e. The van der Waals surface area contributed by atoms with Crippen molar-refractivity contribution in [3.8, 4) is 5.69 Å². The number of nitrogens with zero attached hydrogens (tertiary/aromatic N) is 6. The first-order valence-electron chi connectivity index (χ1n) is 12.7. The first-order valence-corrected chi connectivity index (χ1v) is 13.1. The van der Waals surface area contributed by atoms with Gasteiger partial charge >= 0.3 is 0 Å². The van der Waals surface area contributed by atoms with E-state index in [1.165, 1.54) is 0 Å². The Hall–Kier alpha value is -3.60. The normalized spacial score (nSPS) is 28.7. The third-order valence-electron chi connectivity index (χ3n) is 7.97. The molecule has 5 atom stereocenters. The molecule has 4 aliphatic heterocycles. The van der Waals surface area contributed by atoms with Crippen molar-refractivity contribution in [1.29, 1.82) is 0 Å². The van der Waals surface area contributed by atoms with Gasteiger partial charge in [-0.1, -0.05) is 54.1 Å². The third kappa shape index (κ3) is 3.58. The van der Waals surface area contributed by atoms with E-state index in [4.69, 9.17) is 21.1 Å². The van der Waals surface area contributed by atoms with Crippen LogP contribution < -0.4 is 0 Å². The van der Waals surface area contributed by atoms with E-state index in [1.807, 2.05) is 54.6 Å². The quantitative estimate of drug-likeness (QED) is 0.463. The van der Waals surface area contributed by atoms with E-state index in [1.54, 1.807) is 26.6 Å². The van der Waals surface area contributed by atoms with Gasteiger partial charge in [0.15, 0.2) is 5.82 Å². The minimum atomic E-state index is -0.861. The van der Waals surface area contributed by atoms with E-state index < -0.39 is 29.6 Å². The van der Waals surface area contributed by atoms with Crippen LogP contribution >= 0.6 is 11.6 Å². The summed E-state index contributed by atoms with van der Waals surface area (Å²) in [4.78, 5) is 31.5. The van der Waals surface area contributed by atoms with Crippen LogP contribution in [0.4, 0.5) is 0 Å². The minimum Gasteiger partial charge on any atom is -0.378 e. The van der Waals surface area contributed by atoms with E-state index in [-0.39, 0.29) is 11.8 Å². The van der Waals surface area contributed by atoms with Gasteiger partial charge in [0.05, 0.1) is 43.4 Å². The van der Waals surface area contributed by atoms with Crippen LogP contribution in [-0.2, 0) is 19.1 Å². The molecule has 194 valence electrons. The predicted molar refractivity (Wildman–Crippen MR) is 135 cm³/mol. The van der Waals surface area contributed by atoms with E-state index in [9.17, 15) is 9.59 Å². The maximum atomic E-state index is 14.3. The van der Waals surface area contributed by atoms with Gasteiger partial charge in [0, 0.05) is 18.1 Å². The van der Waals surface area contributed by atoms with Crippen molar-refractivity contribution in [2.45, 2.75) is 17.7 Å². The van der Waals surface area contributed by atoms with Gasteiger partial charge in [0.2, 0.25) is 11.8 Å². The SMILES string of the molecule is O=C([C@H]1[C@H]2C=C[C@]3(CN([C@H](c4ccccc4)c4nnnn4-c4ccc(Cl)cc4)C(=O)[C@@H]13)O2)N1CCOCC1. The maximum Gasteiger partial charge on any atom is 0.230 e. The molecule has 7 rings (SSSR count). The first-order chi connectivity index (χ1) is 18.6. The highest BCUT2D eigenvalue weighted by Gasteiger charge is 2.68. The van der Waals surface area contributed by atoms with Crippen LogP contribution in [0.3, 0.4) is 0 Å². The lowest BCUT2D eigenvalue weighted by Gasteiger charge is -2.33. The van der Waals surface area contributed by atoms with Gasteiger partial charge in [-0.05, 0) is 40.3 Å². The van der Waals surface area contributed by atoms with Crippen LogP contribution in [0, 0.1) is 11.8 Å². The second kappa shape index (κ2) is 9.00. The van der Waals surface area contributed by atoms with Crippen LogP contribution in [0.2, 0.25) is 5.02 Å². The second-order valence-electron chi connectivity index (χ2n) is 10.0. The van der Waals surface area contributed by atoms with Gasteiger partial charge in [-0.15, -0.1) is 5.10 Å². The number of ether oxygens (including phenoxy) is 2. The standard InChI is InChI=1S/C27H25ClN6O4/c28-18-6-8-19(9-7-18)34-24(29-30-31-34)23(17-4-2-1-3-5-17)33-16-27-11-10-20(38-27)21(22(27)26(33)36)25(35)32-12-14-37-15-13-32/h1-11,20-23H,12-16H2/t20-,21+,22-,23-,27-/m1/s1. The Morgan fingerprint density at radius 1 is 1.08 bits per heavy atom. The fraction of sp³-hybridized carbons (Fsp3) is 0.370. The second-order valence-corrected chi connectivity index (χ2v) is 10.5. The van der Waals surface area contributed by atoms with Gasteiger partial charge in [-0.3, -0.25) is 9.59 Å². The molecule has 3 saturated heterocycles. The predicted octanol–water partition coefficient (Wildman–Crippen LogP) is 2.05. The molecule has 4 aliphatic rings. The molecule has 11 heteroatoms. The van der Waals surface area contributed by atoms with E-state index in [0.717, 1.165) is 11.3 Å². The van der Waals surface area contributed by atoms with Crippen molar-refractivity contribution in [2.24, 2.45) is 11.8 Å². The lowest BCUT2D eigenvalue weighted by atomic mass is 9.76. The molecule has 10 nitrogen and oxygen atoms in total. The molecule has 2 amide bonds. The summed E-state index contributed by atoms with van der Waals surface area (Å²) in [6.45, 7) is 2.33. The molecule has 5 heterocycles. The molecule has 0 unspecified atom stereocenters. The average molecular weight is 533 g/mol. The summed E-state index contributed by atoms with van der Waals surface area (Å²) in [6, 6.07) is 16.3. The average Bonchev–Trinajstić information content (AvgIpc) is 3.72. The summed E-state index contributed by atoms with van der Waals surface area (Å²) in [5.41, 5.74) is 0.717. The zero-order valence-corrected chi connectivity index (χ0v) is 21.1. The highest BCUT2D eigenvalue weighted by Crippen LogP contribution is 2.54. The Kier molecular flexibility index (Phi) is 5.57.